The van der Waals surface area contributed by atoms with E-state index in [4.69, 9.17) is 4.52 Å². The molecule has 3 rings (SSSR count). The standard InChI is InChI=1S/C17H17N3O3/c1-10-7-11(2)19-17(22)13(10)9-18-16(21)8-14-12-5-3-4-6-15(12)23-20-14/h3-7H,8-9H2,1-2H3,(H,18,21)(H,19,22). The van der Waals surface area contributed by atoms with Crippen LogP contribution in [0, 0.1) is 13.8 Å². The molecule has 2 heterocycles. The van der Waals surface area contributed by atoms with Crippen LogP contribution in [0.5, 0.6) is 0 Å². The van der Waals surface area contributed by atoms with E-state index in [0.717, 1.165) is 16.6 Å². The Hall–Kier alpha value is -2.89. The van der Waals surface area contributed by atoms with Crippen molar-refractivity contribution in [3.63, 3.8) is 0 Å². The van der Waals surface area contributed by atoms with E-state index in [0.29, 0.717) is 16.8 Å². The minimum Gasteiger partial charge on any atom is -0.356 e. The number of carbonyl (C=O) groups excluding carboxylic acids is 1. The zero-order valence-corrected chi connectivity index (χ0v) is 13.0. The fraction of sp³-hybridized carbons (Fsp3) is 0.235. The van der Waals surface area contributed by atoms with Crippen LogP contribution in [0.4, 0.5) is 0 Å². The number of hydrogen-bond donors (Lipinski definition) is 2. The molecule has 1 amide bonds. The Bertz CT molecular complexity index is 924. The van der Waals surface area contributed by atoms with E-state index in [-0.39, 0.29) is 24.4 Å². The largest absolute Gasteiger partial charge is 0.356 e. The lowest BCUT2D eigenvalue weighted by atomic mass is 10.1. The number of para-hydroxylation sites is 1. The Labute approximate surface area is 132 Å². The Morgan fingerprint density at radius 2 is 2.09 bits per heavy atom. The maximum atomic E-state index is 12.1. The van der Waals surface area contributed by atoms with Crippen molar-refractivity contribution in [2.75, 3.05) is 0 Å². The summed E-state index contributed by atoms with van der Waals surface area (Å²) in [7, 11) is 0. The van der Waals surface area contributed by atoms with Crippen LogP contribution in [-0.2, 0) is 17.8 Å². The number of nitrogens with one attached hydrogen (secondary N) is 2. The van der Waals surface area contributed by atoms with Gasteiger partial charge in [-0.3, -0.25) is 9.59 Å². The Morgan fingerprint density at radius 1 is 1.30 bits per heavy atom. The highest BCUT2D eigenvalue weighted by Crippen LogP contribution is 2.18. The number of carbonyl (C=O) groups is 1. The van der Waals surface area contributed by atoms with Crippen LogP contribution >= 0.6 is 0 Å². The molecule has 6 nitrogen and oxygen atoms in total. The fourth-order valence-electron chi connectivity index (χ4n) is 2.57. The van der Waals surface area contributed by atoms with Gasteiger partial charge in [0.15, 0.2) is 5.58 Å². The number of rotatable bonds is 4. The second-order valence-corrected chi connectivity index (χ2v) is 5.52. The highest BCUT2D eigenvalue weighted by molar-refractivity contribution is 5.86. The first kappa shape index (κ1) is 15.0. The molecule has 0 saturated carbocycles. The van der Waals surface area contributed by atoms with Gasteiger partial charge in [0.05, 0.1) is 6.42 Å². The maximum absolute atomic E-state index is 12.1. The molecule has 0 bridgehead atoms. The fourth-order valence-corrected chi connectivity index (χ4v) is 2.57. The number of hydrogen-bond acceptors (Lipinski definition) is 4. The lowest BCUT2D eigenvalue weighted by Crippen LogP contribution is -2.29. The van der Waals surface area contributed by atoms with Crippen molar-refractivity contribution in [2.24, 2.45) is 0 Å². The normalized spacial score (nSPS) is 10.9. The van der Waals surface area contributed by atoms with Crippen LogP contribution in [0.15, 0.2) is 39.6 Å². The molecular weight excluding hydrogens is 294 g/mol. The van der Waals surface area contributed by atoms with Crippen molar-refractivity contribution in [3.05, 3.63) is 63.2 Å². The van der Waals surface area contributed by atoms with E-state index >= 15 is 0 Å². The van der Waals surface area contributed by atoms with Crippen molar-refractivity contribution >= 4 is 16.9 Å². The van der Waals surface area contributed by atoms with E-state index in [1.165, 1.54) is 0 Å². The van der Waals surface area contributed by atoms with Crippen molar-refractivity contribution < 1.29 is 9.32 Å². The number of aromatic amines is 1. The van der Waals surface area contributed by atoms with Crippen LogP contribution in [-0.4, -0.2) is 16.0 Å². The molecule has 1 aromatic carbocycles. The number of nitrogens with zero attached hydrogens (tertiary/aromatic N) is 1. The first-order valence-electron chi connectivity index (χ1n) is 7.34. The molecule has 0 radical (unpaired) electrons. The van der Waals surface area contributed by atoms with Gasteiger partial charge in [-0.15, -0.1) is 0 Å². The summed E-state index contributed by atoms with van der Waals surface area (Å²) in [4.78, 5) is 26.8. The Kier molecular flexibility index (Phi) is 3.97. The van der Waals surface area contributed by atoms with Crippen LogP contribution < -0.4 is 10.9 Å². The van der Waals surface area contributed by atoms with Gasteiger partial charge < -0.3 is 14.8 Å². The Balaban J connectivity index is 1.70. The second kappa shape index (κ2) is 6.08. The number of benzene rings is 1. The monoisotopic (exact) mass is 311 g/mol. The third-order valence-corrected chi connectivity index (χ3v) is 3.74. The lowest BCUT2D eigenvalue weighted by molar-refractivity contribution is -0.120. The molecule has 0 spiro atoms. The van der Waals surface area contributed by atoms with Gasteiger partial charge >= 0.3 is 0 Å². The SMILES string of the molecule is Cc1cc(C)c(CNC(=O)Cc2noc3ccccc23)c(=O)[nH]1. The lowest BCUT2D eigenvalue weighted by Gasteiger charge is -2.07. The predicted octanol–water partition coefficient (Wildman–Crippen LogP) is 1.99. The third kappa shape index (κ3) is 3.15. The van der Waals surface area contributed by atoms with E-state index < -0.39 is 0 Å². The summed E-state index contributed by atoms with van der Waals surface area (Å²) in [5.74, 6) is -0.205. The quantitative estimate of drug-likeness (QED) is 0.771. The first-order chi connectivity index (χ1) is 11.0. The van der Waals surface area contributed by atoms with Crippen molar-refractivity contribution in [1.29, 1.82) is 0 Å². The smallest absolute Gasteiger partial charge is 0.253 e. The molecule has 6 heteroatoms. The van der Waals surface area contributed by atoms with Crippen molar-refractivity contribution in [3.8, 4) is 0 Å². The summed E-state index contributed by atoms with van der Waals surface area (Å²) in [5.41, 5.74) is 3.30. The number of fused-ring (bicyclic) bond motifs is 1. The minimum absolute atomic E-state index is 0.111. The van der Waals surface area contributed by atoms with E-state index in [1.807, 2.05) is 38.1 Å². The molecule has 2 aromatic heterocycles. The van der Waals surface area contributed by atoms with Crippen LogP contribution in [0.2, 0.25) is 0 Å². The second-order valence-electron chi connectivity index (χ2n) is 5.52. The van der Waals surface area contributed by atoms with E-state index in [2.05, 4.69) is 15.5 Å². The predicted molar refractivity (Wildman–Crippen MR) is 86.1 cm³/mol. The van der Waals surface area contributed by atoms with Crippen LogP contribution in [0.25, 0.3) is 11.0 Å². The molecule has 0 aliphatic heterocycles. The zero-order chi connectivity index (χ0) is 16.4. The molecule has 2 N–H and O–H groups in total. The van der Waals surface area contributed by atoms with Crippen LogP contribution in [0.1, 0.15) is 22.5 Å². The van der Waals surface area contributed by atoms with Gasteiger partial charge in [-0.1, -0.05) is 17.3 Å². The molecule has 23 heavy (non-hydrogen) atoms. The van der Waals surface area contributed by atoms with Crippen molar-refractivity contribution in [2.45, 2.75) is 26.8 Å². The third-order valence-electron chi connectivity index (χ3n) is 3.74. The summed E-state index contributed by atoms with van der Waals surface area (Å²) in [6, 6.07) is 9.27. The molecule has 118 valence electrons. The Morgan fingerprint density at radius 3 is 2.87 bits per heavy atom. The summed E-state index contributed by atoms with van der Waals surface area (Å²) in [6.45, 7) is 3.87. The van der Waals surface area contributed by atoms with Crippen LogP contribution in [0.3, 0.4) is 0 Å². The highest BCUT2D eigenvalue weighted by atomic mass is 16.5. The summed E-state index contributed by atoms with van der Waals surface area (Å²) in [5, 5.41) is 7.52. The average molecular weight is 311 g/mol. The van der Waals surface area contributed by atoms with Gasteiger partial charge in [0.1, 0.15) is 5.69 Å². The molecule has 0 aliphatic rings. The molecule has 0 fully saturated rings. The van der Waals surface area contributed by atoms with Gasteiger partial charge in [-0.05, 0) is 37.6 Å². The summed E-state index contributed by atoms with van der Waals surface area (Å²) in [6.07, 6.45) is 0.111. The number of aromatic nitrogens is 2. The molecule has 0 aliphatic carbocycles. The molecule has 0 atom stereocenters. The van der Waals surface area contributed by atoms with Gasteiger partial charge in [0, 0.05) is 23.2 Å². The maximum Gasteiger partial charge on any atom is 0.253 e. The number of pyridine rings is 1. The van der Waals surface area contributed by atoms with Crippen molar-refractivity contribution in [1.82, 2.24) is 15.5 Å². The van der Waals surface area contributed by atoms with Gasteiger partial charge in [-0.2, -0.15) is 0 Å². The number of amides is 1. The molecule has 3 aromatic rings. The topological polar surface area (TPSA) is 88.0 Å². The summed E-state index contributed by atoms with van der Waals surface area (Å²) >= 11 is 0. The zero-order valence-electron chi connectivity index (χ0n) is 13.0. The average Bonchev–Trinajstić information content (AvgIpc) is 2.89. The molecular formula is C17H17N3O3. The van der Waals surface area contributed by atoms with Gasteiger partial charge in [0.25, 0.3) is 5.56 Å². The number of H-pyrrole nitrogens is 1. The van der Waals surface area contributed by atoms with E-state index in [9.17, 15) is 9.59 Å². The summed E-state index contributed by atoms with van der Waals surface area (Å²) < 4.78 is 5.18. The number of aryl methyl sites for hydroxylation is 2. The van der Waals surface area contributed by atoms with Gasteiger partial charge in [-0.25, -0.2) is 0 Å². The van der Waals surface area contributed by atoms with E-state index in [1.54, 1.807) is 6.07 Å². The minimum atomic E-state index is -0.205. The first-order valence-corrected chi connectivity index (χ1v) is 7.34. The molecule has 0 unspecified atom stereocenters. The molecule has 0 saturated heterocycles. The highest BCUT2D eigenvalue weighted by Gasteiger charge is 2.13. The van der Waals surface area contributed by atoms with Gasteiger partial charge in [0.2, 0.25) is 5.91 Å².